The largest absolute Gasteiger partial charge is 0.477 e. The van der Waals surface area contributed by atoms with Crippen molar-refractivity contribution in [1.29, 1.82) is 0 Å². The molecule has 2 aromatic heterocycles. The van der Waals surface area contributed by atoms with Gasteiger partial charge in [0.2, 0.25) is 5.95 Å². The highest BCUT2D eigenvalue weighted by atomic mass is 35.5. The lowest BCUT2D eigenvalue weighted by molar-refractivity contribution is 0.0697. The first-order valence-corrected chi connectivity index (χ1v) is 9.41. The molecule has 0 unspecified atom stereocenters. The van der Waals surface area contributed by atoms with Crippen LogP contribution in [0.4, 0.5) is 17.5 Å². The van der Waals surface area contributed by atoms with Crippen molar-refractivity contribution in [3.63, 3.8) is 0 Å². The Morgan fingerprint density at radius 3 is 2.83 bits per heavy atom. The maximum absolute atomic E-state index is 11.3. The highest BCUT2D eigenvalue weighted by Crippen LogP contribution is 2.32. The molecule has 0 saturated heterocycles. The van der Waals surface area contributed by atoms with E-state index in [1.54, 1.807) is 18.3 Å². The second-order valence-electron chi connectivity index (χ2n) is 6.84. The van der Waals surface area contributed by atoms with E-state index in [2.05, 4.69) is 37.7 Å². The standard InChI is InChI=1S/C21H14ClN5O2/c22-12-2-1-3-14(9-12)25-21-23-10-16-15-7-4-11(20(28)29)8-17(15)26-19(18(16)27-21)24-13-5-6-13/h1-3,8-10,13H,5-6H2,(H,24,26)(H,28,29)(H,23,25,27). The number of carbonyl (C=O) groups is 1. The van der Waals surface area contributed by atoms with Gasteiger partial charge in [-0.1, -0.05) is 29.8 Å². The van der Waals surface area contributed by atoms with Gasteiger partial charge >= 0.3 is 5.97 Å². The van der Waals surface area contributed by atoms with Crippen LogP contribution in [0.2, 0.25) is 5.02 Å². The van der Waals surface area contributed by atoms with Gasteiger partial charge in [-0.3, -0.25) is 0 Å². The van der Waals surface area contributed by atoms with Crippen molar-refractivity contribution in [3.05, 3.63) is 59.2 Å². The van der Waals surface area contributed by atoms with Crippen molar-refractivity contribution in [2.24, 2.45) is 0 Å². The van der Waals surface area contributed by atoms with Gasteiger partial charge in [-0.2, -0.15) is 0 Å². The zero-order chi connectivity index (χ0) is 20.0. The van der Waals surface area contributed by atoms with E-state index in [1.807, 2.05) is 12.1 Å². The lowest BCUT2D eigenvalue weighted by Gasteiger charge is -2.11. The zero-order valence-electron chi connectivity index (χ0n) is 15.0. The summed E-state index contributed by atoms with van der Waals surface area (Å²) in [6.07, 6.45) is 3.81. The quantitative estimate of drug-likeness (QED) is 0.452. The molecule has 1 aliphatic carbocycles. The van der Waals surface area contributed by atoms with Crippen LogP contribution >= 0.6 is 11.6 Å². The van der Waals surface area contributed by atoms with Gasteiger partial charge < -0.3 is 15.7 Å². The molecule has 0 aliphatic heterocycles. The van der Waals surface area contributed by atoms with Crippen molar-refractivity contribution in [2.45, 2.75) is 18.9 Å². The number of aromatic nitrogens is 3. The van der Waals surface area contributed by atoms with Crippen LogP contribution in [0.3, 0.4) is 0 Å². The molecule has 29 heavy (non-hydrogen) atoms. The smallest absolute Gasteiger partial charge is 0.344 e. The molecular formula is C21H14ClN5O2. The van der Waals surface area contributed by atoms with Crippen molar-refractivity contribution < 1.29 is 9.90 Å². The van der Waals surface area contributed by atoms with Crippen molar-refractivity contribution >= 4 is 56.8 Å². The summed E-state index contributed by atoms with van der Waals surface area (Å²) in [4.78, 5) is 25.0. The van der Waals surface area contributed by atoms with Crippen LogP contribution in [-0.4, -0.2) is 32.1 Å². The highest BCUT2D eigenvalue weighted by Gasteiger charge is 2.23. The number of rotatable bonds is 5. The molecule has 3 N–H and O–H groups in total. The van der Waals surface area contributed by atoms with Crippen molar-refractivity contribution in [2.75, 3.05) is 10.6 Å². The van der Waals surface area contributed by atoms with Crippen molar-refractivity contribution in [3.8, 4) is 0 Å². The molecule has 1 fully saturated rings. The van der Waals surface area contributed by atoms with Crippen LogP contribution in [0.25, 0.3) is 21.8 Å². The van der Waals surface area contributed by atoms with Gasteiger partial charge in [-0.25, -0.2) is 19.7 Å². The van der Waals surface area contributed by atoms with Crippen LogP contribution in [0, 0.1) is 12.1 Å². The second kappa shape index (κ2) is 6.76. The molecule has 0 radical (unpaired) electrons. The summed E-state index contributed by atoms with van der Waals surface area (Å²) < 4.78 is 0. The van der Waals surface area contributed by atoms with Gasteiger partial charge in [0, 0.05) is 28.3 Å². The van der Waals surface area contributed by atoms with Gasteiger partial charge in [0.15, 0.2) is 5.82 Å². The highest BCUT2D eigenvalue weighted by molar-refractivity contribution is 6.30. The number of fused-ring (bicyclic) bond motifs is 3. The Bertz CT molecular complexity index is 1270. The van der Waals surface area contributed by atoms with Gasteiger partial charge in [-0.05, 0) is 37.1 Å². The first-order chi connectivity index (χ1) is 14.1. The normalized spacial score (nSPS) is 13.3. The second-order valence-corrected chi connectivity index (χ2v) is 7.28. The number of carboxylic acid groups (broad SMARTS) is 1. The van der Waals surface area contributed by atoms with Crippen LogP contribution in [0.5, 0.6) is 0 Å². The fourth-order valence-electron chi connectivity index (χ4n) is 3.04. The number of carboxylic acids is 1. The van der Waals surface area contributed by atoms with E-state index >= 15 is 0 Å². The molecule has 4 aromatic rings. The summed E-state index contributed by atoms with van der Waals surface area (Å²) in [7, 11) is 0. The third kappa shape index (κ3) is 3.46. The lowest BCUT2D eigenvalue weighted by atomic mass is 10.1. The first kappa shape index (κ1) is 17.5. The summed E-state index contributed by atoms with van der Waals surface area (Å²) in [5, 5.41) is 17.7. The van der Waals surface area contributed by atoms with E-state index in [-0.39, 0.29) is 5.56 Å². The molecule has 0 bridgehead atoms. The molecule has 0 atom stereocenters. The minimum atomic E-state index is -1.07. The lowest BCUT2D eigenvalue weighted by Crippen LogP contribution is -2.06. The van der Waals surface area contributed by atoms with Gasteiger partial charge in [0.05, 0.1) is 10.9 Å². The number of pyridine rings is 1. The number of nitrogens with one attached hydrogen (secondary N) is 2. The Balaban J connectivity index is 1.65. The Labute approximate surface area is 170 Å². The topological polar surface area (TPSA) is 100 Å². The average Bonchev–Trinajstić information content (AvgIpc) is 3.52. The van der Waals surface area contributed by atoms with Crippen molar-refractivity contribution in [1.82, 2.24) is 15.0 Å². The molecule has 7 nitrogen and oxygen atoms in total. The summed E-state index contributed by atoms with van der Waals surface area (Å²) in [5.74, 6) is -0.0625. The Kier molecular flexibility index (Phi) is 4.07. The van der Waals surface area contributed by atoms with E-state index < -0.39 is 5.97 Å². The minimum Gasteiger partial charge on any atom is -0.477 e. The molecule has 0 spiro atoms. The average molecular weight is 404 g/mol. The molecule has 2 heterocycles. The summed E-state index contributed by atoms with van der Waals surface area (Å²) >= 11 is 6.05. The number of hydrogen-bond acceptors (Lipinski definition) is 6. The molecule has 1 saturated carbocycles. The van der Waals surface area contributed by atoms with E-state index in [0.717, 1.165) is 23.9 Å². The third-order valence-electron chi connectivity index (χ3n) is 4.60. The Morgan fingerprint density at radius 2 is 2.07 bits per heavy atom. The summed E-state index contributed by atoms with van der Waals surface area (Å²) in [5.41, 5.74) is 1.93. The molecule has 5 rings (SSSR count). The van der Waals surface area contributed by atoms with Gasteiger partial charge in [-0.15, -0.1) is 0 Å². The fraction of sp³-hybridized carbons (Fsp3) is 0.143. The predicted molar refractivity (Wildman–Crippen MR) is 111 cm³/mol. The van der Waals surface area contributed by atoms with E-state index in [0.29, 0.717) is 39.3 Å². The first-order valence-electron chi connectivity index (χ1n) is 9.04. The van der Waals surface area contributed by atoms with Crippen LogP contribution in [0.15, 0.2) is 36.5 Å². The maximum atomic E-state index is 11.3. The fourth-order valence-corrected chi connectivity index (χ4v) is 3.23. The monoisotopic (exact) mass is 403 g/mol. The SMILES string of the molecule is O=C(O)c1c#cc2c(c1)nc(NC1CC1)c1nc(Nc3cccc(Cl)c3)ncc12. The van der Waals surface area contributed by atoms with E-state index in [1.165, 1.54) is 6.07 Å². The van der Waals surface area contributed by atoms with E-state index in [4.69, 9.17) is 11.6 Å². The number of aromatic carboxylic acids is 1. The van der Waals surface area contributed by atoms with Crippen LogP contribution in [0.1, 0.15) is 23.2 Å². The van der Waals surface area contributed by atoms with Crippen LogP contribution < -0.4 is 10.6 Å². The Hall–Kier alpha value is -3.63. The summed E-state index contributed by atoms with van der Waals surface area (Å²) in [6.45, 7) is 0. The molecule has 8 heteroatoms. The van der Waals surface area contributed by atoms with Gasteiger partial charge in [0.1, 0.15) is 11.1 Å². The van der Waals surface area contributed by atoms with E-state index in [9.17, 15) is 9.90 Å². The summed E-state index contributed by atoms with van der Waals surface area (Å²) in [6, 6.07) is 14.7. The minimum absolute atomic E-state index is 0.0156. The van der Waals surface area contributed by atoms with Crippen LogP contribution in [-0.2, 0) is 0 Å². The maximum Gasteiger partial charge on any atom is 0.344 e. The molecule has 142 valence electrons. The molecular weight excluding hydrogens is 390 g/mol. The molecule has 2 aromatic carbocycles. The zero-order valence-corrected chi connectivity index (χ0v) is 15.8. The predicted octanol–water partition coefficient (Wildman–Crippen LogP) is 4.45. The Morgan fingerprint density at radius 1 is 1.21 bits per heavy atom. The third-order valence-corrected chi connectivity index (χ3v) is 4.84. The number of halogens is 1. The number of anilines is 3. The number of hydrogen-bond donors (Lipinski definition) is 3. The van der Waals surface area contributed by atoms with Gasteiger partial charge in [0.25, 0.3) is 0 Å². The molecule has 1 aliphatic rings. The molecule has 0 amide bonds. The number of nitrogens with zero attached hydrogens (tertiary/aromatic N) is 3. The number of benzene rings is 1.